The third-order valence-corrected chi connectivity index (χ3v) is 4.37. The van der Waals surface area contributed by atoms with Crippen molar-refractivity contribution in [3.05, 3.63) is 58.7 Å². The summed E-state index contributed by atoms with van der Waals surface area (Å²) in [7, 11) is 0. The molecule has 0 saturated carbocycles. The number of nitrogens with two attached hydrogens (primary N) is 1. The van der Waals surface area contributed by atoms with Gasteiger partial charge in [-0.05, 0) is 18.6 Å². The molecule has 1 heterocycles. The third kappa shape index (κ3) is 3.39. The van der Waals surface area contributed by atoms with E-state index in [0.29, 0.717) is 16.4 Å². The van der Waals surface area contributed by atoms with E-state index in [0.717, 1.165) is 0 Å². The molecule has 22 heavy (non-hydrogen) atoms. The minimum Gasteiger partial charge on any atom is -0.366 e. The number of carbonyl (C=O) groups excluding carboxylic acids is 1. The van der Waals surface area contributed by atoms with Gasteiger partial charge in [0.05, 0.1) is 10.6 Å². The van der Waals surface area contributed by atoms with Crippen LogP contribution in [0.5, 0.6) is 0 Å². The summed E-state index contributed by atoms with van der Waals surface area (Å²) in [4.78, 5) is 15.3. The number of aromatic nitrogens is 1. The first-order chi connectivity index (χ1) is 10.3. The van der Waals surface area contributed by atoms with E-state index < -0.39 is 5.91 Å². The Balaban J connectivity index is 2.21. The number of nitrogens with one attached hydrogen (secondary N) is 1. The molecule has 4 nitrogen and oxygen atoms in total. The van der Waals surface area contributed by atoms with Gasteiger partial charge in [0.1, 0.15) is 5.82 Å². The molecule has 5 heteroatoms. The van der Waals surface area contributed by atoms with Crippen molar-refractivity contribution in [3.63, 3.8) is 0 Å². The van der Waals surface area contributed by atoms with Crippen LogP contribution in [0.4, 0.5) is 5.82 Å². The lowest BCUT2D eigenvalue weighted by Gasteiger charge is -2.33. The van der Waals surface area contributed by atoms with Crippen molar-refractivity contribution >= 4 is 23.3 Å². The Morgan fingerprint density at radius 3 is 2.50 bits per heavy atom. The Labute approximate surface area is 135 Å². The average molecular weight is 318 g/mol. The molecule has 1 unspecified atom stereocenters. The summed E-state index contributed by atoms with van der Waals surface area (Å²) in [5.74, 6) is 0.00165. The molecule has 0 bridgehead atoms. The van der Waals surface area contributed by atoms with Gasteiger partial charge in [0.25, 0.3) is 0 Å². The van der Waals surface area contributed by atoms with Crippen LogP contribution in [0.2, 0.25) is 5.02 Å². The number of nitrogens with zero attached hydrogens (tertiary/aromatic N) is 1. The Morgan fingerprint density at radius 1 is 1.32 bits per heavy atom. The monoisotopic (exact) mass is 317 g/mol. The maximum absolute atomic E-state index is 11.1. The number of halogens is 1. The second-order valence-electron chi connectivity index (χ2n) is 5.87. The SMILES string of the molecule is CC(Nc1ncc(C(N)=O)cc1Cl)C(C)(C)c1ccccc1. The van der Waals surface area contributed by atoms with E-state index in [1.807, 2.05) is 18.2 Å². The van der Waals surface area contributed by atoms with E-state index in [1.54, 1.807) is 0 Å². The highest BCUT2D eigenvalue weighted by Gasteiger charge is 2.28. The zero-order valence-corrected chi connectivity index (χ0v) is 13.7. The van der Waals surface area contributed by atoms with Gasteiger partial charge in [0, 0.05) is 17.7 Å². The molecular formula is C17H20ClN3O. The molecule has 1 aromatic carbocycles. The van der Waals surface area contributed by atoms with Crippen LogP contribution in [0.1, 0.15) is 36.7 Å². The molecule has 1 atom stereocenters. The second-order valence-corrected chi connectivity index (χ2v) is 6.28. The number of primary amides is 1. The van der Waals surface area contributed by atoms with Crippen molar-refractivity contribution in [1.82, 2.24) is 4.98 Å². The number of carbonyl (C=O) groups is 1. The van der Waals surface area contributed by atoms with Gasteiger partial charge in [-0.25, -0.2) is 4.98 Å². The van der Waals surface area contributed by atoms with Crippen molar-refractivity contribution in [3.8, 4) is 0 Å². The molecular weight excluding hydrogens is 298 g/mol. The topological polar surface area (TPSA) is 68.0 Å². The van der Waals surface area contributed by atoms with Crippen LogP contribution in [0.15, 0.2) is 42.6 Å². The van der Waals surface area contributed by atoms with Crippen LogP contribution in [-0.2, 0) is 5.41 Å². The minimum absolute atomic E-state index is 0.0827. The summed E-state index contributed by atoms with van der Waals surface area (Å²) in [6.45, 7) is 6.39. The van der Waals surface area contributed by atoms with Gasteiger partial charge in [0.15, 0.2) is 0 Å². The summed E-state index contributed by atoms with van der Waals surface area (Å²) in [6, 6.07) is 11.9. The maximum atomic E-state index is 11.1. The van der Waals surface area contributed by atoms with Crippen LogP contribution in [0, 0.1) is 0 Å². The van der Waals surface area contributed by atoms with Crippen molar-refractivity contribution in [2.75, 3.05) is 5.32 Å². The van der Waals surface area contributed by atoms with Gasteiger partial charge in [-0.2, -0.15) is 0 Å². The van der Waals surface area contributed by atoms with Crippen LogP contribution in [0.25, 0.3) is 0 Å². The first kappa shape index (κ1) is 16.3. The number of anilines is 1. The lowest BCUT2D eigenvalue weighted by Crippen LogP contribution is -2.37. The lowest BCUT2D eigenvalue weighted by molar-refractivity contribution is 0.1000. The number of hydrogen-bond donors (Lipinski definition) is 2. The number of amides is 1. The largest absolute Gasteiger partial charge is 0.366 e. The number of rotatable bonds is 5. The molecule has 0 spiro atoms. The Kier molecular flexibility index (Phi) is 4.71. The van der Waals surface area contributed by atoms with E-state index in [4.69, 9.17) is 17.3 Å². The molecule has 1 aromatic heterocycles. The predicted molar refractivity (Wildman–Crippen MR) is 90.3 cm³/mol. The number of benzene rings is 1. The van der Waals surface area contributed by atoms with Crippen molar-refractivity contribution < 1.29 is 4.79 Å². The van der Waals surface area contributed by atoms with E-state index in [2.05, 4.69) is 43.2 Å². The Bertz CT molecular complexity index is 671. The fourth-order valence-electron chi connectivity index (χ4n) is 2.18. The highest BCUT2D eigenvalue weighted by molar-refractivity contribution is 6.33. The fraction of sp³-hybridized carbons (Fsp3) is 0.294. The van der Waals surface area contributed by atoms with E-state index in [1.165, 1.54) is 17.8 Å². The summed E-state index contributed by atoms with van der Waals surface area (Å²) in [5.41, 5.74) is 6.62. The molecule has 116 valence electrons. The summed E-state index contributed by atoms with van der Waals surface area (Å²) in [5, 5.41) is 3.70. The van der Waals surface area contributed by atoms with Gasteiger partial charge < -0.3 is 11.1 Å². The number of pyridine rings is 1. The van der Waals surface area contributed by atoms with Crippen molar-refractivity contribution in [2.24, 2.45) is 5.73 Å². The zero-order valence-electron chi connectivity index (χ0n) is 12.9. The van der Waals surface area contributed by atoms with Crippen LogP contribution < -0.4 is 11.1 Å². The quantitative estimate of drug-likeness (QED) is 0.885. The molecule has 3 N–H and O–H groups in total. The molecule has 2 aromatic rings. The third-order valence-electron chi connectivity index (χ3n) is 4.08. The van der Waals surface area contributed by atoms with Gasteiger partial charge in [-0.1, -0.05) is 55.8 Å². The maximum Gasteiger partial charge on any atom is 0.250 e. The molecule has 0 aliphatic heterocycles. The highest BCUT2D eigenvalue weighted by Crippen LogP contribution is 2.30. The van der Waals surface area contributed by atoms with Crippen molar-refractivity contribution in [2.45, 2.75) is 32.2 Å². The first-order valence-corrected chi connectivity index (χ1v) is 7.47. The molecule has 1 amide bonds. The highest BCUT2D eigenvalue weighted by atomic mass is 35.5. The fourth-order valence-corrected chi connectivity index (χ4v) is 2.40. The molecule has 0 aliphatic carbocycles. The van der Waals surface area contributed by atoms with Crippen LogP contribution >= 0.6 is 11.6 Å². The van der Waals surface area contributed by atoms with Crippen molar-refractivity contribution in [1.29, 1.82) is 0 Å². The number of hydrogen-bond acceptors (Lipinski definition) is 3. The molecule has 0 aliphatic rings. The summed E-state index contributed by atoms with van der Waals surface area (Å²) >= 11 is 6.18. The molecule has 0 saturated heterocycles. The lowest BCUT2D eigenvalue weighted by atomic mass is 9.78. The molecule has 0 radical (unpaired) electrons. The Hall–Kier alpha value is -2.07. The van der Waals surface area contributed by atoms with E-state index in [-0.39, 0.29) is 11.5 Å². The average Bonchev–Trinajstić information content (AvgIpc) is 2.49. The molecule has 2 rings (SSSR count). The van der Waals surface area contributed by atoms with Gasteiger partial charge in [-0.3, -0.25) is 4.79 Å². The van der Waals surface area contributed by atoms with E-state index >= 15 is 0 Å². The Morgan fingerprint density at radius 2 is 1.95 bits per heavy atom. The summed E-state index contributed by atoms with van der Waals surface area (Å²) in [6.07, 6.45) is 1.43. The normalized spacial score (nSPS) is 12.7. The smallest absolute Gasteiger partial charge is 0.250 e. The van der Waals surface area contributed by atoms with Gasteiger partial charge >= 0.3 is 0 Å². The standard InChI is InChI=1S/C17H20ClN3O/c1-11(17(2,3)13-7-5-4-6-8-13)21-16-14(18)9-12(10-20-16)15(19)22/h4-11H,1-3H3,(H2,19,22)(H,20,21). The van der Waals surface area contributed by atoms with Crippen LogP contribution in [-0.4, -0.2) is 16.9 Å². The minimum atomic E-state index is -0.543. The van der Waals surface area contributed by atoms with Crippen LogP contribution in [0.3, 0.4) is 0 Å². The van der Waals surface area contributed by atoms with E-state index in [9.17, 15) is 4.79 Å². The second kappa shape index (κ2) is 6.36. The predicted octanol–water partition coefficient (Wildman–Crippen LogP) is 3.61. The van der Waals surface area contributed by atoms with Gasteiger partial charge in [-0.15, -0.1) is 0 Å². The van der Waals surface area contributed by atoms with Gasteiger partial charge in [0.2, 0.25) is 5.91 Å². The summed E-state index contributed by atoms with van der Waals surface area (Å²) < 4.78 is 0. The first-order valence-electron chi connectivity index (χ1n) is 7.09. The zero-order chi connectivity index (χ0) is 16.3. The molecule has 0 fully saturated rings.